The molecule has 1 N–H and O–H groups in total. The molecule has 2 rings (SSSR count). The Bertz CT molecular complexity index is 394. The summed E-state index contributed by atoms with van der Waals surface area (Å²) in [5, 5.41) is 3.82. The molecule has 0 saturated carbocycles. The molecule has 1 heterocycles. The van der Waals surface area contributed by atoms with Crippen molar-refractivity contribution in [2.24, 2.45) is 5.41 Å². The molecule has 1 aromatic rings. The molecule has 20 heavy (non-hydrogen) atoms. The van der Waals surface area contributed by atoms with Crippen molar-refractivity contribution in [2.45, 2.75) is 52.1 Å². The SMILES string of the molecule is CN1CCCC1CNC(CC(C)(C)C)c1ccccc1. The van der Waals surface area contributed by atoms with Crippen LogP contribution in [0.2, 0.25) is 0 Å². The first-order valence-electron chi connectivity index (χ1n) is 7.94. The molecule has 2 heteroatoms. The molecule has 0 bridgehead atoms. The zero-order valence-corrected chi connectivity index (χ0v) is 13.5. The number of benzene rings is 1. The zero-order chi connectivity index (χ0) is 14.6. The van der Waals surface area contributed by atoms with Gasteiger partial charge in [0.1, 0.15) is 0 Å². The van der Waals surface area contributed by atoms with Crippen LogP contribution in [0.3, 0.4) is 0 Å². The lowest BCUT2D eigenvalue weighted by molar-refractivity contribution is 0.264. The van der Waals surface area contributed by atoms with E-state index in [2.05, 4.69) is 68.4 Å². The highest BCUT2D eigenvalue weighted by atomic mass is 15.2. The summed E-state index contributed by atoms with van der Waals surface area (Å²) in [6.07, 6.45) is 3.85. The van der Waals surface area contributed by atoms with Gasteiger partial charge in [-0.15, -0.1) is 0 Å². The van der Waals surface area contributed by atoms with E-state index in [0.717, 1.165) is 6.54 Å². The van der Waals surface area contributed by atoms with Crippen molar-refractivity contribution >= 4 is 0 Å². The van der Waals surface area contributed by atoms with Crippen molar-refractivity contribution in [3.8, 4) is 0 Å². The molecule has 0 amide bonds. The average Bonchev–Trinajstić information content (AvgIpc) is 2.80. The van der Waals surface area contributed by atoms with Crippen LogP contribution in [-0.4, -0.2) is 31.1 Å². The largest absolute Gasteiger partial charge is 0.308 e. The second kappa shape index (κ2) is 6.73. The van der Waals surface area contributed by atoms with E-state index in [1.807, 2.05) is 0 Å². The Balaban J connectivity index is 1.99. The average molecular weight is 274 g/mol. The van der Waals surface area contributed by atoms with Gasteiger partial charge in [-0.3, -0.25) is 0 Å². The van der Waals surface area contributed by atoms with Crippen LogP contribution >= 0.6 is 0 Å². The van der Waals surface area contributed by atoms with Crippen LogP contribution in [0, 0.1) is 5.41 Å². The van der Waals surface area contributed by atoms with E-state index in [9.17, 15) is 0 Å². The Morgan fingerprint density at radius 1 is 1.25 bits per heavy atom. The van der Waals surface area contributed by atoms with Crippen LogP contribution in [0.15, 0.2) is 30.3 Å². The highest BCUT2D eigenvalue weighted by Gasteiger charge is 2.24. The van der Waals surface area contributed by atoms with Crippen molar-refractivity contribution in [3.05, 3.63) is 35.9 Å². The smallest absolute Gasteiger partial charge is 0.0325 e. The minimum Gasteiger partial charge on any atom is -0.308 e. The summed E-state index contributed by atoms with van der Waals surface area (Å²) in [7, 11) is 2.25. The predicted molar refractivity (Wildman–Crippen MR) is 86.9 cm³/mol. The van der Waals surface area contributed by atoms with Crippen molar-refractivity contribution in [1.29, 1.82) is 0 Å². The lowest BCUT2D eigenvalue weighted by Gasteiger charge is -2.29. The van der Waals surface area contributed by atoms with Gasteiger partial charge < -0.3 is 10.2 Å². The summed E-state index contributed by atoms with van der Waals surface area (Å²) >= 11 is 0. The molecule has 112 valence electrons. The van der Waals surface area contributed by atoms with E-state index in [1.54, 1.807) is 0 Å². The van der Waals surface area contributed by atoms with E-state index >= 15 is 0 Å². The van der Waals surface area contributed by atoms with Crippen LogP contribution in [0.4, 0.5) is 0 Å². The van der Waals surface area contributed by atoms with Crippen LogP contribution in [0.5, 0.6) is 0 Å². The molecule has 0 aliphatic carbocycles. The Morgan fingerprint density at radius 3 is 2.50 bits per heavy atom. The monoisotopic (exact) mass is 274 g/mol. The Hall–Kier alpha value is -0.860. The summed E-state index contributed by atoms with van der Waals surface area (Å²) < 4.78 is 0. The molecule has 1 aromatic carbocycles. The van der Waals surface area contributed by atoms with Crippen molar-refractivity contribution < 1.29 is 0 Å². The number of likely N-dealkylation sites (tertiary alicyclic amines) is 1. The highest BCUT2D eigenvalue weighted by Crippen LogP contribution is 2.29. The van der Waals surface area contributed by atoms with Gasteiger partial charge in [0, 0.05) is 18.6 Å². The van der Waals surface area contributed by atoms with E-state index in [0.29, 0.717) is 17.5 Å². The van der Waals surface area contributed by atoms with E-state index in [-0.39, 0.29) is 0 Å². The fourth-order valence-corrected chi connectivity index (χ4v) is 3.12. The van der Waals surface area contributed by atoms with Crippen LogP contribution in [-0.2, 0) is 0 Å². The molecule has 2 atom stereocenters. The van der Waals surface area contributed by atoms with E-state index in [4.69, 9.17) is 0 Å². The summed E-state index contributed by atoms with van der Waals surface area (Å²) in [5.74, 6) is 0. The second-order valence-electron chi connectivity index (χ2n) is 7.41. The van der Waals surface area contributed by atoms with Gasteiger partial charge >= 0.3 is 0 Å². The zero-order valence-electron chi connectivity index (χ0n) is 13.5. The summed E-state index contributed by atoms with van der Waals surface area (Å²) in [6, 6.07) is 12.1. The molecule has 1 aliphatic heterocycles. The fourth-order valence-electron chi connectivity index (χ4n) is 3.12. The second-order valence-corrected chi connectivity index (χ2v) is 7.41. The minimum atomic E-state index is 0.342. The van der Waals surface area contributed by atoms with Crippen LogP contribution < -0.4 is 5.32 Å². The molecule has 1 saturated heterocycles. The molecular formula is C18H30N2. The predicted octanol–water partition coefficient (Wildman–Crippen LogP) is 3.85. The number of nitrogens with zero attached hydrogens (tertiary/aromatic N) is 1. The van der Waals surface area contributed by atoms with Crippen LogP contribution in [0.1, 0.15) is 51.6 Å². The fraction of sp³-hybridized carbons (Fsp3) is 0.667. The lowest BCUT2D eigenvalue weighted by atomic mass is 9.85. The van der Waals surface area contributed by atoms with Gasteiger partial charge in [-0.05, 0) is 43.8 Å². The Morgan fingerprint density at radius 2 is 1.95 bits per heavy atom. The molecule has 0 spiro atoms. The van der Waals surface area contributed by atoms with E-state index in [1.165, 1.54) is 31.4 Å². The topological polar surface area (TPSA) is 15.3 Å². The molecule has 0 aromatic heterocycles. The maximum atomic E-state index is 3.82. The third kappa shape index (κ3) is 4.60. The maximum Gasteiger partial charge on any atom is 0.0325 e. The molecule has 2 unspecified atom stereocenters. The first-order chi connectivity index (χ1) is 9.46. The van der Waals surface area contributed by atoms with Crippen molar-refractivity contribution in [2.75, 3.05) is 20.1 Å². The Kier molecular flexibility index (Phi) is 5.22. The summed E-state index contributed by atoms with van der Waals surface area (Å²) in [6.45, 7) is 9.33. The maximum absolute atomic E-state index is 3.82. The van der Waals surface area contributed by atoms with Gasteiger partial charge in [0.15, 0.2) is 0 Å². The normalized spacial score (nSPS) is 22.1. The van der Waals surface area contributed by atoms with Gasteiger partial charge in [-0.1, -0.05) is 51.1 Å². The highest BCUT2D eigenvalue weighted by molar-refractivity contribution is 5.19. The number of nitrogens with one attached hydrogen (secondary N) is 1. The van der Waals surface area contributed by atoms with Gasteiger partial charge in [-0.25, -0.2) is 0 Å². The first kappa shape index (κ1) is 15.5. The van der Waals surface area contributed by atoms with E-state index < -0.39 is 0 Å². The number of hydrogen-bond acceptors (Lipinski definition) is 2. The summed E-state index contributed by atoms with van der Waals surface area (Å²) in [4.78, 5) is 2.49. The number of likely N-dealkylation sites (N-methyl/N-ethyl adjacent to an activating group) is 1. The van der Waals surface area contributed by atoms with Crippen LogP contribution in [0.25, 0.3) is 0 Å². The molecule has 2 nitrogen and oxygen atoms in total. The van der Waals surface area contributed by atoms with Gasteiger partial charge in [0.2, 0.25) is 0 Å². The quantitative estimate of drug-likeness (QED) is 0.877. The van der Waals surface area contributed by atoms with Gasteiger partial charge in [0.25, 0.3) is 0 Å². The Labute approximate surface area is 124 Å². The first-order valence-corrected chi connectivity index (χ1v) is 7.94. The number of hydrogen-bond donors (Lipinski definition) is 1. The molecule has 1 aliphatic rings. The lowest BCUT2D eigenvalue weighted by Crippen LogP contribution is -2.38. The van der Waals surface area contributed by atoms with Gasteiger partial charge in [0.05, 0.1) is 0 Å². The molecular weight excluding hydrogens is 244 g/mol. The van der Waals surface area contributed by atoms with Gasteiger partial charge in [-0.2, -0.15) is 0 Å². The minimum absolute atomic E-state index is 0.342. The van der Waals surface area contributed by atoms with Crippen molar-refractivity contribution in [1.82, 2.24) is 10.2 Å². The third-order valence-electron chi connectivity index (χ3n) is 4.29. The van der Waals surface area contributed by atoms with Crippen molar-refractivity contribution in [3.63, 3.8) is 0 Å². The standard InChI is InChI=1S/C18H30N2/c1-18(2,3)13-17(15-9-6-5-7-10-15)19-14-16-11-8-12-20(16)4/h5-7,9-10,16-17,19H,8,11-14H2,1-4H3. The third-order valence-corrected chi connectivity index (χ3v) is 4.29. The molecule has 1 fully saturated rings. The summed E-state index contributed by atoms with van der Waals surface area (Å²) in [5.41, 5.74) is 1.76. The number of rotatable bonds is 5. The molecule has 0 radical (unpaired) electrons.